The quantitative estimate of drug-likeness (QED) is 0.908. The minimum absolute atomic E-state index is 0.0603. The number of hydrogen-bond donors (Lipinski definition) is 1. The van der Waals surface area contributed by atoms with Crippen LogP contribution < -0.4 is 0 Å². The molecule has 3 rings (SSSR count). The van der Waals surface area contributed by atoms with Gasteiger partial charge in [0, 0.05) is 57.0 Å². The number of aliphatic hydroxyl groups is 1. The first kappa shape index (κ1) is 15.4. The van der Waals surface area contributed by atoms with Gasteiger partial charge in [-0.25, -0.2) is 0 Å². The zero-order valence-corrected chi connectivity index (χ0v) is 13.2. The Morgan fingerprint density at radius 3 is 2.86 bits per heavy atom. The van der Waals surface area contributed by atoms with Gasteiger partial charge in [0.15, 0.2) is 0 Å². The van der Waals surface area contributed by atoms with E-state index in [0.29, 0.717) is 13.0 Å². The smallest absolute Gasteiger partial charge is 0.222 e. The zero-order chi connectivity index (χ0) is 15.5. The summed E-state index contributed by atoms with van der Waals surface area (Å²) in [6.45, 7) is 6.02. The van der Waals surface area contributed by atoms with Crippen molar-refractivity contribution in [1.82, 2.24) is 14.8 Å². The summed E-state index contributed by atoms with van der Waals surface area (Å²) in [5, 5.41) is 10.3. The molecule has 0 spiro atoms. The molecular formula is C17H25N3O2. The van der Waals surface area contributed by atoms with Crippen LogP contribution in [0.5, 0.6) is 0 Å². The molecule has 22 heavy (non-hydrogen) atoms. The van der Waals surface area contributed by atoms with Crippen molar-refractivity contribution in [2.24, 2.45) is 5.92 Å². The van der Waals surface area contributed by atoms with Crippen LogP contribution in [-0.2, 0) is 11.3 Å². The Labute approximate surface area is 131 Å². The van der Waals surface area contributed by atoms with E-state index in [1.807, 2.05) is 17.9 Å². The SMILES string of the molecule is Cc1ncccc1CN1C[C@H](CC(=O)N2CCCC2)[C@@H](O)C1. The van der Waals surface area contributed by atoms with Crippen molar-refractivity contribution in [3.8, 4) is 0 Å². The number of carbonyl (C=O) groups is 1. The lowest BCUT2D eigenvalue weighted by atomic mass is 10.0. The summed E-state index contributed by atoms with van der Waals surface area (Å²) in [5.74, 6) is 0.269. The molecule has 1 aromatic heterocycles. The molecule has 0 saturated carbocycles. The number of hydrogen-bond acceptors (Lipinski definition) is 4. The maximum absolute atomic E-state index is 12.3. The van der Waals surface area contributed by atoms with Gasteiger partial charge in [0.1, 0.15) is 0 Å². The van der Waals surface area contributed by atoms with Crippen molar-refractivity contribution in [1.29, 1.82) is 0 Å². The fraction of sp³-hybridized carbons (Fsp3) is 0.647. The highest BCUT2D eigenvalue weighted by atomic mass is 16.3. The first-order chi connectivity index (χ1) is 10.6. The van der Waals surface area contributed by atoms with Gasteiger partial charge in [0.2, 0.25) is 5.91 Å². The topological polar surface area (TPSA) is 56.7 Å². The summed E-state index contributed by atoms with van der Waals surface area (Å²) in [4.78, 5) is 20.7. The molecule has 2 aliphatic rings. The summed E-state index contributed by atoms with van der Waals surface area (Å²) in [6, 6.07) is 4.03. The molecule has 1 N–H and O–H groups in total. The molecule has 1 amide bonds. The highest BCUT2D eigenvalue weighted by molar-refractivity contribution is 5.76. The molecule has 0 aliphatic carbocycles. The minimum atomic E-state index is -0.400. The van der Waals surface area contributed by atoms with Crippen molar-refractivity contribution in [3.05, 3.63) is 29.6 Å². The Morgan fingerprint density at radius 1 is 1.36 bits per heavy atom. The standard InChI is InChI=1S/C17H25N3O2/c1-13-14(5-4-6-18-13)10-19-11-15(16(21)12-19)9-17(22)20-7-2-3-8-20/h4-6,15-16,21H,2-3,7-12H2,1H3/t15-,16-/m0/s1. The molecule has 5 nitrogen and oxygen atoms in total. The largest absolute Gasteiger partial charge is 0.391 e. The molecular weight excluding hydrogens is 278 g/mol. The lowest BCUT2D eigenvalue weighted by Gasteiger charge is -2.19. The number of β-amino-alcohol motifs (C(OH)–C–C–N with tert-alkyl or cyclic N) is 1. The van der Waals surface area contributed by atoms with Gasteiger partial charge in [-0.05, 0) is 31.4 Å². The molecule has 0 radical (unpaired) electrons. The van der Waals surface area contributed by atoms with Crippen LogP contribution in [0.3, 0.4) is 0 Å². The fourth-order valence-corrected chi connectivity index (χ4v) is 3.52. The number of carbonyl (C=O) groups excluding carboxylic acids is 1. The number of aliphatic hydroxyl groups excluding tert-OH is 1. The van der Waals surface area contributed by atoms with E-state index in [-0.39, 0.29) is 11.8 Å². The third-order valence-electron chi connectivity index (χ3n) is 4.89. The third kappa shape index (κ3) is 3.47. The Bertz CT molecular complexity index is 528. The Balaban J connectivity index is 1.55. The summed E-state index contributed by atoms with van der Waals surface area (Å²) < 4.78 is 0. The van der Waals surface area contributed by atoms with Crippen LogP contribution in [0.2, 0.25) is 0 Å². The van der Waals surface area contributed by atoms with Gasteiger partial charge in [0.05, 0.1) is 6.10 Å². The van der Waals surface area contributed by atoms with Crippen LogP contribution in [0, 0.1) is 12.8 Å². The van der Waals surface area contributed by atoms with E-state index >= 15 is 0 Å². The van der Waals surface area contributed by atoms with E-state index in [4.69, 9.17) is 0 Å². The van der Waals surface area contributed by atoms with Crippen LogP contribution in [0.25, 0.3) is 0 Å². The number of nitrogens with zero attached hydrogens (tertiary/aromatic N) is 3. The molecule has 1 aromatic rings. The van der Waals surface area contributed by atoms with Gasteiger partial charge in [-0.3, -0.25) is 14.7 Å². The average Bonchev–Trinajstić information content (AvgIpc) is 3.12. The second-order valence-corrected chi connectivity index (χ2v) is 6.56. The van der Waals surface area contributed by atoms with E-state index in [1.54, 1.807) is 6.20 Å². The van der Waals surface area contributed by atoms with Crippen molar-refractivity contribution in [2.75, 3.05) is 26.2 Å². The molecule has 2 fully saturated rings. The second kappa shape index (κ2) is 6.75. The maximum Gasteiger partial charge on any atom is 0.222 e. The first-order valence-corrected chi connectivity index (χ1v) is 8.22. The van der Waals surface area contributed by atoms with Gasteiger partial charge in [0.25, 0.3) is 0 Å². The summed E-state index contributed by atoms with van der Waals surface area (Å²) in [6.07, 6.45) is 4.11. The lowest BCUT2D eigenvalue weighted by Crippen LogP contribution is -2.32. The van der Waals surface area contributed by atoms with Crippen LogP contribution >= 0.6 is 0 Å². The molecule has 0 aromatic carbocycles. The van der Waals surface area contributed by atoms with E-state index in [0.717, 1.165) is 44.7 Å². The fourth-order valence-electron chi connectivity index (χ4n) is 3.52. The van der Waals surface area contributed by atoms with Gasteiger partial charge in [-0.2, -0.15) is 0 Å². The molecule has 2 atom stereocenters. The molecule has 3 heterocycles. The number of rotatable bonds is 4. The molecule has 0 bridgehead atoms. The number of pyridine rings is 1. The zero-order valence-electron chi connectivity index (χ0n) is 13.2. The number of aryl methyl sites for hydroxylation is 1. The predicted molar refractivity (Wildman–Crippen MR) is 84.2 cm³/mol. The lowest BCUT2D eigenvalue weighted by molar-refractivity contribution is -0.131. The number of amides is 1. The van der Waals surface area contributed by atoms with Crippen LogP contribution in [0.15, 0.2) is 18.3 Å². The molecule has 0 unspecified atom stereocenters. The molecule has 2 aliphatic heterocycles. The normalized spacial score (nSPS) is 25.8. The summed E-state index contributed by atoms with van der Waals surface area (Å²) in [7, 11) is 0. The van der Waals surface area contributed by atoms with Crippen LogP contribution in [0.1, 0.15) is 30.5 Å². The molecule has 2 saturated heterocycles. The third-order valence-corrected chi connectivity index (χ3v) is 4.89. The first-order valence-electron chi connectivity index (χ1n) is 8.22. The Kier molecular flexibility index (Phi) is 4.74. The van der Waals surface area contributed by atoms with Gasteiger partial charge >= 0.3 is 0 Å². The highest BCUT2D eigenvalue weighted by Crippen LogP contribution is 2.24. The Hall–Kier alpha value is -1.46. The van der Waals surface area contributed by atoms with E-state index in [1.165, 1.54) is 5.56 Å². The Morgan fingerprint density at radius 2 is 2.14 bits per heavy atom. The monoisotopic (exact) mass is 303 g/mol. The second-order valence-electron chi connectivity index (χ2n) is 6.56. The summed E-state index contributed by atoms with van der Waals surface area (Å²) in [5.41, 5.74) is 2.23. The van der Waals surface area contributed by atoms with Crippen molar-refractivity contribution < 1.29 is 9.90 Å². The van der Waals surface area contributed by atoms with Crippen molar-refractivity contribution >= 4 is 5.91 Å². The van der Waals surface area contributed by atoms with Crippen molar-refractivity contribution in [2.45, 2.75) is 38.8 Å². The molecule has 5 heteroatoms. The predicted octanol–water partition coefficient (Wildman–Crippen LogP) is 1.20. The highest BCUT2D eigenvalue weighted by Gasteiger charge is 2.34. The van der Waals surface area contributed by atoms with Crippen LogP contribution in [-0.4, -0.2) is 58.1 Å². The van der Waals surface area contributed by atoms with Gasteiger partial charge in [-0.15, -0.1) is 0 Å². The maximum atomic E-state index is 12.3. The van der Waals surface area contributed by atoms with Gasteiger partial charge in [-0.1, -0.05) is 6.07 Å². The van der Waals surface area contributed by atoms with E-state index < -0.39 is 6.10 Å². The van der Waals surface area contributed by atoms with Gasteiger partial charge < -0.3 is 10.0 Å². The van der Waals surface area contributed by atoms with E-state index in [9.17, 15) is 9.90 Å². The summed E-state index contributed by atoms with van der Waals surface area (Å²) >= 11 is 0. The minimum Gasteiger partial charge on any atom is -0.391 e. The molecule has 120 valence electrons. The number of aromatic nitrogens is 1. The van der Waals surface area contributed by atoms with E-state index in [2.05, 4.69) is 16.0 Å². The number of likely N-dealkylation sites (tertiary alicyclic amines) is 2. The van der Waals surface area contributed by atoms with Crippen molar-refractivity contribution in [3.63, 3.8) is 0 Å². The van der Waals surface area contributed by atoms with Crippen LogP contribution in [0.4, 0.5) is 0 Å². The average molecular weight is 303 g/mol.